The molecule has 2 aromatic heterocycles. The van der Waals surface area contributed by atoms with Crippen molar-refractivity contribution in [1.82, 2.24) is 24.5 Å². The highest BCUT2D eigenvalue weighted by Crippen LogP contribution is 2.16. The fourth-order valence-corrected chi connectivity index (χ4v) is 2.50. The van der Waals surface area contributed by atoms with E-state index in [0.717, 1.165) is 43.1 Å². The Kier molecular flexibility index (Phi) is 3.72. The van der Waals surface area contributed by atoms with Crippen molar-refractivity contribution in [2.45, 2.75) is 39.8 Å². The number of rotatable bonds is 4. The molecule has 1 N–H and O–H groups in total. The Morgan fingerprint density at radius 2 is 2.24 bits per heavy atom. The molecule has 0 bridgehead atoms. The van der Waals surface area contributed by atoms with Crippen LogP contribution in [0.25, 0.3) is 0 Å². The first kappa shape index (κ1) is 13.8. The number of nitrogens with one attached hydrogen (secondary N) is 1. The fourth-order valence-electron chi connectivity index (χ4n) is 2.50. The van der Waals surface area contributed by atoms with Gasteiger partial charge in [-0.2, -0.15) is 10.2 Å². The lowest BCUT2D eigenvalue weighted by molar-refractivity contribution is 0.452. The monoisotopic (exact) mass is 288 g/mol. The van der Waals surface area contributed by atoms with Gasteiger partial charge in [-0.05, 0) is 18.8 Å². The van der Waals surface area contributed by atoms with Gasteiger partial charge in [0.1, 0.15) is 18.7 Å². The summed E-state index contributed by atoms with van der Waals surface area (Å²) < 4.78 is 3.32. The van der Waals surface area contributed by atoms with Crippen molar-refractivity contribution in [1.29, 1.82) is 0 Å². The standard InChI is InChI=1S/C14H20N6O/c1-10(2)7-19-13(16-9-17-19)8-20-14(21)6-12-11(18-20)4-3-5-15-12/h6,9-10,15H,3-5,7-8H2,1-2H3. The van der Waals surface area contributed by atoms with Crippen LogP contribution in [-0.4, -0.2) is 31.1 Å². The van der Waals surface area contributed by atoms with E-state index in [4.69, 9.17) is 0 Å². The maximum Gasteiger partial charge on any atom is 0.269 e. The summed E-state index contributed by atoms with van der Waals surface area (Å²) in [4.78, 5) is 16.4. The Hall–Kier alpha value is -2.18. The molecule has 0 radical (unpaired) electrons. The van der Waals surface area contributed by atoms with Gasteiger partial charge in [-0.3, -0.25) is 4.79 Å². The van der Waals surface area contributed by atoms with Gasteiger partial charge in [0.05, 0.1) is 11.4 Å². The second-order valence-corrected chi connectivity index (χ2v) is 5.78. The minimum Gasteiger partial charge on any atom is -0.383 e. The number of nitrogens with zero attached hydrogens (tertiary/aromatic N) is 5. The number of aromatic nitrogens is 5. The lowest BCUT2D eigenvalue weighted by Crippen LogP contribution is -2.28. The summed E-state index contributed by atoms with van der Waals surface area (Å²) in [6, 6.07) is 1.63. The van der Waals surface area contributed by atoms with E-state index < -0.39 is 0 Å². The summed E-state index contributed by atoms with van der Waals surface area (Å²) in [6.07, 6.45) is 3.48. The third kappa shape index (κ3) is 2.96. The molecule has 2 aromatic rings. The molecule has 7 nitrogen and oxygen atoms in total. The van der Waals surface area contributed by atoms with Gasteiger partial charge in [-0.25, -0.2) is 14.3 Å². The Balaban J connectivity index is 1.88. The molecule has 1 aliphatic rings. The van der Waals surface area contributed by atoms with Gasteiger partial charge in [0, 0.05) is 19.2 Å². The molecule has 0 aliphatic carbocycles. The predicted octanol–water partition coefficient (Wildman–Crippen LogP) is 0.897. The van der Waals surface area contributed by atoms with Crippen molar-refractivity contribution in [3.05, 3.63) is 34.3 Å². The molecule has 112 valence electrons. The SMILES string of the molecule is CC(C)Cn1ncnc1Cn1nc2c(cc1=O)NCCC2. The number of hydrogen-bond acceptors (Lipinski definition) is 5. The molecule has 0 aromatic carbocycles. The molecule has 1 aliphatic heterocycles. The lowest BCUT2D eigenvalue weighted by Gasteiger charge is -2.17. The highest BCUT2D eigenvalue weighted by molar-refractivity contribution is 5.48. The Morgan fingerprint density at radius 3 is 3.05 bits per heavy atom. The second-order valence-electron chi connectivity index (χ2n) is 5.78. The van der Waals surface area contributed by atoms with Crippen molar-refractivity contribution < 1.29 is 0 Å². The zero-order chi connectivity index (χ0) is 14.8. The van der Waals surface area contributed by atoms with Crippen molar-refractivity contribution in [3.8, 4) is 0 Å². The summed E-state index contributed by atoms with van der Waals surface area (Å²) in [6.45, 7) is 6.30. The van der Waals surface area contributed by atoms with E-state index in [1.165, 1.54) is 11.0 Å². The summed E-state index contributed by atoms with van der Waals surface area (Å²) >= 11 is 0. The van der Waals surface area contributed by atoms with Gasteiger partial charge in [-0.1, -0.05) is 13.8 Å². The number of anilines is 1. The molecule has 0 fully saturated rings. The number of aryl methyl sites for hydroxylation is 1. The Morgan fingerprint density at radius 1 is 1.38 bits per heavy atom. The van der Waals surface area contributed by atoms with E-state index in [2.05, 4.69) is 34.3 Å². The Labute approximate surface area is 123 Å². The minimum absolute atomic E-state index is 0.109. The number of hydrogen-bond donors (Lipinski definition) is 1. The molecule has 0 atom stereocenters. The summed E-state index contributed by atoms with van der Waals surface area (Å²) in [7, 11) is 0. The lowest BCUT2D eigenvalue weighted by atomic mass is 10.1. The van der Waals surface area contributed by atoms with Crippen LogP contribution in [0, 0.1) is 5.92 Å². The first-order valence-corrected chi connectivity index (χ1v) is 7.35. The minimum atomic E-state index is -0.109. The molecule has 0 saturated heterocycles. The zero-order valence-electron chi connectivity index (χ0n) is 12.4. The molecule has 3 rings (SSSR count). The second kappa shape index (κ2) is 5.67. The van der Waals surface area contributed by atoms with Crippen LogP contribution in [0.3, 0.4) is 0 Å². The van der Waals surface area contributed by atoms with E-state index >= 15 is 0 Å². The van der Waals surface area contributed by atoms with Gasteiger partial charge in [0.25, 0.3) is 5.56 Å². The average molecular weight is 288 g/mol. The van der Waals surface area contributed by atoms with Crippen LogP contribution < -0.4 is 10.9 Å². The fraction of sp³-hybridized carbons (Fsp3) is 0.571. The highest BCUT2D eigenvalue weighted by Gasteiger charge is 2.14. The highest BCUT2D eigenvalue weighted by atomic mass is 16.1. The van der Waals surface area contributed by atoms with Crippen LogP contribution in [0.2, 0.25) is 0 Å². The predicted molar refractivity (Wildman–Crippen MR) is 79.3 cm³/mol. The molecule has 21 heavy (non-hydrogen) atoms. The van der Waals surface area contributed by atoms with Crippen LogP contribution in [0.4, 0.5) is 5.69 Å². The largest absolute Gasteiger partial charge is 0.383 e. The quantitative estimate of drug-likeness (QED) is 0.904. The molecular formula is C14H20N6O. The third-order valence-corrected chi connectivity index (χ3v) is 3.51. The smallest absolute Gasteiger partial charge is 0.269 e. The first-order chi connectivity index (χ1) is 10.1. The molecule has 0 unspecified atom stereocenters. The van der Waals surface area contributed by atoms with E-state index in [9.17, 15) is 4.79 Å². The maximum atomic E-state index is 12.2. The molecule has 3 heterocycles. The van der Waals surface area contributed by atoms with E-state index in [-0.39, 0.29) is 5.56 Å². The van der Waals surface area contributed by atoms with E-state index in [1.54, 1.807) is 6.07 Å². The van der Waals surface area contributed by atoms with Gasteiger partial charge in [0.15, 0.2) is 0 Å². The zero-order valence-corrected chi connectivity index (χ0v) is 12.4. The summed E-state index contributed by atoms with van der Waals surface area (Å²) in [5.74, 6) is 1.24. The van der Waals surface area contributed by atoms with E-state index in [0.29, 0.717) is 12.5 Å². The average Bonchev–Trinajstić information content (AvgIpc) is 2.86. The van der Waals surface area contributed by atoms with Crippen molar-refractivity contribution >= 4 is 5.69 Å². The van der Waals surface area contributed by atoms with Crippen LogP contribution >= 0.6 is 0 Å². The first-order valence-electron chi connectivity index (χ1n) is 7.35. The molecule has 0 amide bonds. The van der Waals surface area contributed by atoms with Gasteiger partial charge < -0.3 is 5.32 Å². The normalized spacial score (nSPS) is 14.0. The van der Waals surface area contributed by atoms with Crippen molar-refractivity contribution in [2.24, 2.45) is 5.92 Å². The van der Waals surface area contributed by atoms with Crippen molar-refractivity contribution in [3.63, 3.8) is 0 Å². The van der Waals surface area contributed by atoms with Crippen molar-refractivity contribution in [2.75, 3.05) is 11.9 Å². The third-order valence-electron chi connectivity index (χ3n) is 3.51. The molecule has 7 heteroatoms. The molecule has 0 saturated carbocycles. The van der Waals surface area contributed by atoms with Crippen LogP contribution in [0.15, 0.2) is 17.2 Å². The van der Waals surface area contributed by atoms with Crippen LogP contribution in [0.5, 0.6) is 0 Å². The topological polar surface area (TPSA) is 77.6 Å². The van der Waals surface area contributed by atoms with Gasteiger partial charge >= 0.3 is 0 Å². The van der Waals surface area contributed by atoms with Gasteiger partial charge in [0.2, 0.25) is 0 Å². The number of fused-ring (bicyclic) bond motifs is 1. The Bertz CT molecular complexity index is 687. The molecule has 0 spiro atoms. The maximum absolute atomic E-state index is 12.2. The van der Waals surface area contributed by atoms with Gasteiger partial charge in [-0.15, -0.1) is 0 Å². The van der Waals surface area contributed by atoms with E-state index in [1.807, 2.05) is 4.68 Å². The summed E-state index contributed by atoms with van der Waals surface area (Å²) in [5.41, 5.74) is 1.71. The van der Waals surface area contributed by atoms with Crippen LogP contribution in [0.1, 0.15) is 31.8 Å². The van der Waals surface area contributed by atoms with Crippen LogP contribution in [-0.2, 0) is 19.5 Å². The molecular weight excluding hydrogens is 268 g/mol. The summed E-state index contributed by atoms with van der Waals surface area (Å²) in [5, 5.41) is 11.9.